The second-order valence-electron chi connectivity index (χ2n) is 7.27. The Morgan fingerprint density at radius 2 is 1.90 bits per heavy atom. The van der Waals surface area contributed by atoms with E-state index >= 15 is 0 Å². The second kappa shape index (κ2) is 7.13. The number of fused-ring (bicyclic) bond motifs is 2. The molecule has 0 bridgehead atoms. The van der Waals surface area contributed by atoms with E-state index in [1.807, 2.05) is 12.1 Å². The van der Waals surface area contributed by atoms with Crippen LogP contribution in [0.15, 0.2) is 60.8 Å². The number of hydrogen-bond donors (Lipinski definition) is 1. The van der Waals surface area contributed by atoms with Crippen LogP contribution in [0.5, 0.6) is 11.5 Å². The lowest BCUT2D eigenvalue weighted by Gasteiger charge is -2.24. The van der Waals surface area contributed by atoms with Gasteiger partial charge in [0.05, 0.1) is 11.9 Å². The molecule has 1 aromatic heterocycles. The lowest BCUT2D eigenvalue weighted by molar-refractivity contribution is 0.102. The summed E-state index contributed by atoms with van der Waals surface area (Å²) in [6, 6.07) is 17.8. The van der Waals surface area contributed by atoms with Crippen molar-refractivity contribution in [2.45, 2.75) is 19.4 Å². The van der Waals surface area contributed by atoms with E-state index in [1.165, 1.54) is 11.3 Å². The number of para-hydroxylation sites is 1. The maximum Gasteiger partial charge on any atom is 0.274 e. The molecule has 29 heavy (non-hydrogen) atoms. The topological polar surface area (TPSA) is 63.7 Å². The second-order valence-corrected chi connectivity index (χ2v) is 7.27. The molecule has 6 heteroatoms. The van der Waals surface area contributed by atoms with Gasteiger partial charge in [0.15, 0.2) is 11.5 Å². The molecule has 2 aliphatic rings. The fourth-order valence-corrected chi connectivity index (χ4v) is 3.94. The third-order valence-electron chi connectivity index (χ3n) is 5.27. The Bertz CT molecular complexity index is 1070. The summed E-state index contributed by atoms with van der Waals surface area (Å²) in [5, 5.41) is 2.87. The van der Waals surface area contributed by atoms with Gasteiger partial charge >= 0.3 is 0 Å². The Morgan fingerprint density at radius 3 is 2.72 bits per heavy atom. The van der Waals surface area contributed by atoms with Crippen molar-refractivity contribution in [2.24, 2.45) is 0 Å². The van der Waals surface area contributed by atoms with E-state index in [9.17, 15) is 4.79 Å². The number of hydrogen-bond acceptors (Lipinski definition) is 5. The zero-order chi connectivity index (χ0) is 19.8. The minimum absolute atomic E-state index is 0.261. The highest BCUT2D eigenvalue weighted by molar-refractivity contribution is 6.03. The van der Waals surface area contributed by atoms with Crippen LogP contribution in [-0.4, -0.2) is 30.1 Å². The number of nitrogens with zero attached hydrogens (tertiary/aromatic N) is 2. The van der Waals surface area contributed by atoms with Gasteiger partial charge in [0.25, 0.3) is 5.91 Å². The molecular formula is C23H21N3O3. The number of carbonyl (C=O) groups is 1. The molecule has 0 radical (unpaired) electrons. The summed E-state index contributed by atoms with van der Waals surface area (Å²) < 4.78 is 11.1. The molecule has 1 atom stereocenters. The zero-order valence-corrected chi connectivity index (χ0v) is 16.1. The van der Waals surface area contributed by atoms with Gasteiger partial charge in [-0.25, -0.2) is 4.98 Å². The first-order valence-electron chi connectivity index (χ1n) is 9.73. The van der Waals surface area contributed by atoms with Crippen molar-refractivity contribution in [1.82, 2.24) is 4.98 Å². The summed E-state index contributed by atoms with van der Waals surface area (Å²) in [6.45, 7) is 3.24. The Hall–Kier alpha value is -3.54. The molecular weight excluding hydrogens is 366 g/mol. The Morgan fingerprint density at radius 1 is 1.07 bits per heavy atom. The number of benzene rings is 2. The van der Waals surface area contributed by atoms with Crippen molar-refractivity contribution in [3.63, 3.8) is 0 Å². The molecule has 2 aromatic carbocycles. The number of aromatic nitrogens is 1. The molecule has 1 unspecified atom stereocenters. The number of pyridine rings is 1. The molecule has 6 nitrogen and oxygen atoms in total. The van der Waals surface area contributed by atoms with Crippen LogP contribution in [0.4, 0.5) is 17.1 Å². The maximum absolute atomic E-state index is 12.6. The van der Waals surface area contributed by atoms with Crippen LogP contribution >= 0.6 is 0 Å². The van der Waals surface area contributed by atoms with Crippen molar-refractivity contribution in [1.29, 1.82) is 0 Å². The van der Waals surface area contributed by atoms with E-state index in [0.29, 0.717) is 42.1 Å². The number of nitrogens with one attached hydrogen (secondary N) is 1. The van der Waals surface area contributed by atoms with Gasteiger partial charge in [-0.05, 0) is 49.2 Å². The third kappa shape index (κ3) is 3.27. The Balaban J connectivity index is 1.33. The predicted molar refractivity (Wildman–Crippen MR) is 111 cm³/mol. The normalized spacial score (nSPS) is 17.0. The summed E-state index contributed by atoms with van der Waals surface area (Å²) in [5.41, 5.74) is 4.53. The van der Waals surface area contributed by atoms with E-state index in [0.717, 1.165) is 12.1 Å². The minimum Gasteiger partial charge on any atom is -0.486 e. The molecule has 2 aliphatic heterocycles. The Labute approximate surface area is 169 Å². The summed E-state index contributed by atoms with van der Waals surface area (Å²) in [5.74, 6) is 1.07. The largest absolute Gasteiger partial charge is 0.486 e. The predicted octanol–water partition coefficient (Wildman–Crippen LogP) is 4.19. The monoisotopic (exact) mass is 387 g/mol. The summed E-state index contributed by atoms with van der Waals surface area (Å²) in [7, 11) is 0. The summed E-state index contributed by atoms with van der Waals surface area (Å²) in [6.07, 6.45) is 2.76. The van der Waals surface area contributed by atoms with Gasteiger partial charge in [-0.2, -0.15) is 0 Å². The molecule has 1 N–H and O–H groups in total. The standard InChI is InChI=1S/C23H21N3O3/c1-15-12-16-4-2-3-5-20(16)26(15)18-7-8-19(24-14-18)23(27)25-17-6-9-21-22(13-17)29-11-10-28-21/h2-9,13-15H,10-12H2,1H3,(H,25,27). The van der Waals surface area contributed by atoms with Crippen LogP contribution < -0.4 is 19.7 Å². The first-order chi connectivity index (χ1) is 14.2. The van der Waals surface area contributed by atoms with Gasteiger partial charge in [-0.3, -0.25) is 4.79 Å². The molecule has 1 amide bonds. The van der Waals surface area contributed by atoms with E-state index in [1.54, 1.807) is 30.5 Å². The molecule has 3 aromatic rings. The van der Waals surface area contributed by atoms with Crippen molar-refractivity contribution in [3.8, 4) is 11.5 Å². The van der Waals surface area contributed by atoms with Gasteiger partial charge in [-0.15, -0.1) is 0 Å². The number of amides is 1. The first kappa shape index (κ1) is 17.6. The number of rotatable bonds is 3. The highest BCUT2D eigenvalue weighted by Gasteiger charge is 2.27. The lowest BCUT2D eigenvalue weighted by atomic mass is 10.1. The van der Waals surface area contributed by atoms with Gasteiger partial charge in [0.1, 0.15) is 18.9 Å². The average Bonchev–Trinajstić information content (AvgIpc) is 3.09. The number of anilines is 3. The van der Waals surface area contributed by atoms with Gasteiger partial charge in [-0.1, -0.05) is 18.2 Å². The third-order valence-corrected chi connectivity index (χ3v) is 5.27. The van der Waals surface area contributed by atoms with E-state index in [4.69, 9.17) is 9.47 Å². The maximum atomic E-state index is 12.6. The smallest absolute Gasteiger partial charge is 0.274 e. The molecule has 0 aliphatic carbocycles. The molecule has 3 heterocycles. The van der Waals surface area contributed by atoms with Gasteiger partial charge in [0, 0.05) is 23.5 Å². The fourth-order valence-electron chi connectivity index (χ4n) is 3.94. The molecule has 146 valence electrons. The quantitative estimate of drug-likeness (QED) is 0.730. The van der Waals surface area contributed by atoms with E-state index < -0.39 is 0 Å². The van der Waals surface area contributed by atoms with E-state index in [2.05, 4.69) is 40.3 Å². The zero-order valence-electron chi connectivity index (χ0n) is 16.1. The van der Waals surface area contributed by atoms with Crippen LogP contribution in [0.25, 0.3) is 0 Å². The molecule has 0 spiro atoms. The molecule has 0 saturated carbocycles. The average molecular weight is 387 g/mol. The van der Waals surface area contributed by atoms with Crippen LogP contribution in [0, 0.1) is 0 Å². The van der Waals surface area contributed by atoms with Gasteiger partial charge in [0.2, 0.25) is 0 Å². The molecule has 0 saturated heterocycles. The van der Waals surface area contributed by atoms with Crippen LogP contribution in [-0.2, 0) is 6.42 Å². The highest BCUT2D eigenvalue weighted by atomic mass is 16.6. The fraction of sp³-hybridized carbons (Fsp3) is 0.217. The van der Waals surface area contributed by atoms with Crippen molar-refractivity contribution in [3.05, 3.63) is 72.1 Å². The number of carbonyl (C=O) groups excluding carboxylic acids is 1. The van der Waals surface area contributed by atoms with Crippen molar-refractivity contribution < 1.29 is 14.3 Å². The van der Waals surface area contributed by atoms with Gasteiger partial charge < -0.3 is 19.7 Å². The highest BCUT2D eigenvalue weighted by Crippen LogP contribution is 2.37. The lowest BCUT2D eigenvalue weighted by Crippen LogP contribution is -2.24. The molecule has 5 rings (SSSR count). The van der Waals surface area contributed by atoms with Crippen LogP contribution in [0.2, 0.25) is 0 Å². The molecule has 0 fully saturated rings. The summed E-state index contributed by atoms with van der Waals surface area (Å²) in [4.78, 5) is 19.3. The SMILES string of the molecule is CC1Cc2ccccc2N1c1ccc(C(=O)Nc2ccc3c(c2)OCCO3)nc1. The van der Waals surface area contributed by atoms with Crippen molar-refractivity contribution >= 4 is 23.0 Å². The van der Waals surface area contributed by atoms with Crippen molar-refractivity contribution in [2.75, 3.05) is 23.4 Å². The van der Waals surface area contributed by atoms with Crippen LogP contribution in [0.3, 0.4) is 0 Å². The minimum atomic E-state index is -0.261. The van der Waals surface area contributed by atoms with Crippen LogP contribution in [0.1, 0.15) is 23.0 Å². The Kier molecular flexibility index (Phi) is 4.31. The first-order valence-corrected chi connectivity index (χ1v) is 9.73. The summed E-state index contributed by atoms with van der Waals surface area (Å²) >= 11 is 0. The number of ether oxygens (including phenoxy) is 2. The van der Waals surface area contributed by atoms with E-state index in [-0.39, 0.29) is 5.91 Å².